The molecule has 2 aromatic rings. The first-order chi connectivity index (χ1) is 31.6. The monoisotopic (exact) mass is 944 g/mol. The second-order valence-electron chi connectivity index (χ2n) is 13.8. The maximum absolute atomic E-state index is 13.2. The lowest BCUT2D eigenvalue weighted by molar-refractivity contribution is -0.180. The summed E-state index contributed by atoms with van der Waals surface area (Å²) in [4.78, 5) is 33.6. The Labute approximate surface area is 381 Å². The fourth-order valence-electron chi connectivity index (χ4n) is 5.56. The number of aromatic nitrogens is 2. The number of amidine groups is 1. The van der Waals surface area contributed by atoms with Gasteiger partial charge in [-0.2, -0.15) is 5.10 Å². The van der Waals surface area contributed by atoms with E-state index < -0.39 is 16.0 Å². The Bertz CT molecular complexity index is 1790. The van der Waals surface area contributed by atoms with Gasteiger partial charge in [0.1, 0.15) is 10.7 Å². The molecule has 1 aliphatic rings. The zero-order valence-electron chi connectivity index (χ0n) is 37.7. The fraction of sp³-hybridized carbons (Fsp3) is 0.667. The van der Waals surface area contributed by atoms with Crippen molar-refractivity contribution in [3.05, 3.63) is 41.7 Å². The van der Waals surface area contributed by atoms with Crippen LogP contribution in [0.2, 0.25) is 0 Å². The molecule has 2 heterocycles. The molecule has 0 saturated heterocycles. The molecule has 0 saturated carbocycles. The summed E-state index contributed by atoms with van der Waals surface area (Å²) in [6, 6.07) is 5.26. The number of nitrogens with zero attached hydrogens (tertiary/aromatic N) is 4. The van der Waals surface area contributed by atoms with Gasteiger partial charge in [-0.15, -0.1) is 0 Å². The molecule has 1 aliphatic heterocycles. The number of ether oxygens (including phenoxy) is 10. The number of sulfonamides is 1. The maximum Gasteiger partial charge on any atom is 0.305 e. The number of hydroxylamine groups is 2. The van der Waals surface area contributed by atoms with Crippen LogP contribution >= 0.6 is 0 Å². The molecule has 3 rings (SSSR count). The van der Waals surface area contributed by atoms with Crippen LogP contribution in [0.25, 0.3) is 11.8 Å². The van der Waals surface area contributed by atoms with Crippen LogP contribution in [0.5, 0.6) is 0 Å². The average Bonchev–Trinajstić information content (AvgIpc) is 3.73. The Morgan fingerprint density at radius 3 is 1.68 bits per heavy atom. The minimum Gasteiger partial charge on any atom is -0.481 e. The molecule has 65 heavy (non-hydrogen) atoms. The van der Waals surface area contributed by atoms with Gasteiger partial charge in [0.25, 0.3) is 5.91 Å². The Morgan fingerprint density at radius 1 is 0.738 bits per heavy atom. The number of rotatable bonds is 41. The van der Waals surface area contributed by atoms with E-state index in [-0.39, 0.29) is 55.8 Å². The number of carbonyl (C=O) groups excluding carboxylic acids is 1. The fourth-order valence-corrected chi connectivity index (χ4v) is 6.50. The zero-order chi connectivity index (χ0) is 46.8. The van der Waals surface area contributed by atoms with E-state index in [9.17, 15) is 18.0 Å². The highest BCUT2D eigenvalue weighted by atomic mass is 32.2. The van der Waals surface area contributed by atoms with Gasteiger partial charge < -0.3 is 58.2 Å². The molecule has 1 aromatic carbocycles. The minimum atomic E-state index is -3.86. The number of fused-ring (bicyclic) bond motifs is 1. The summed E-state index contributed by atoms with van der Waals surface area (Å²) in [7, 11) is -3.86. The molecule has 0 radical (unpaired) electrons. The second-order valence-corrected chi connectivity index (χ2v) is 15.6. The van der Waals surface area contributed by atoms with Crippen molar-refractivity contribution in [2.24, 2.45) is 10.7 Å². The molecule has 22 nitrogen and oxygen atoms in total. The SMILES string of the molecule is CCCN(OCC)C(=O)C1=Cc2ccc(-n3cc(S(=O)(=O)NCCOCCOCCOCCOCCOCCOCCOCCOCCOCCOCCC(=O)O)cn3)cc2N=C(N)C1. The molecular formula is C42H68N6O16S. The van der Waals surface area contributed by atoms with Crippen LogP contribution in [0.4, 0.5) is 5.69 Å². The average molecular weight is 945 g/mol. The van der Waals surface area contributed by atoms with E-state index in [0.29, 0.717) is 148 Å². The van der Waals surface area contributed by atoms with E-state index in [0.717, 1.165) is 6.42 Å². The van der Waals surface area contributed by atoms with Crippen LogP contribution in [0, 0.1) is 0 Å². The third kappa shape index (κ3) is 24.4. The summed E-state index contributed by atoms with van der Waals surface area (Å²) in [5.41, 5.74) is 8.41. The van der Waals surface area contributed by atoms with Crippen molar-refractivity contribution >= 4 is 39.5 Å². The molecule has 1 aromatic heterocycles. The summed E-state index contributed by atoms with van der Waals surface area (Å²) in [6.45, 7) is 12.4. The number of carboxylic acid groups (broad SMARTS) is 1. The van der Waals surface area contributed by atoms with E-state index >= 15 is 0 Å². The third-order valence-corrected chi connectivity index (χ3v) is 10.1. The Morgan fingerprint density at radius 2 is 1.22 bits per heavy atom. The molecule has 4 N–H and O–H groups in total. The third-order valence-electron chi connectivity index (χ3n) is 8.67. The van der Waals surface area contributed by atoms with Crippen molar-refractivity contribution in [3.63, 3.8) is 0 Å². The molecule has 0 spiro atoms. The number of hydrogen-bond acceptors (Lipinski definition) is 18. The Hall–Kier alpha value is -3.95. The topological polar surface area (TPSA) is 262 Å². The summed E-state index contributed by atoms with van der Waals surface area (Å²) < 4.78 is 84.0. The molecule has 0 atom stereocenters. The van der Waals surface area contributed by atoms with Gasteiger partial charge in [0, 0.05) is 30.6 Å². The predicted molar refractivity (Wildman–Crippen MR) is 237 cm³/mol. The van der Waals surface area contributed by atoms with Crippen LogP contribution in [-0.2, 0) is 71.8 Å². The molecule has 1 amide bonds. The van der Waals surface area contributed by atoms with Crippen molar-refractivity contribution in [3.8, 4) is 5.69 Å². The standard InChI is InChI=1S/C42H68N6O16S/c1-3-9-48(64-4-2)42(51)36-30-35-5-6-37(32-39(35)46-40(43)31-36)47-34-38(33-44-47)65(52,53)45-8-11-55-13-15-57-17-19-59-21-23-61-25-27-63-29-28-62-26-24-60-22-20-58-18-16-56-14-12-54-10-7-41(49)50/h5-6,30,32-34,45H,3-4,7-29,31H2,1-2H3,(H2,43,46)(H,49,50). The van der Waals surface area contributed by atoms with E-state index in [1.165, 1.54) is 22.1 Å². The van der Waals surface area contributed by atoms with E-state index in [2.05, 4.69) is 14.8 Å². The number of hydrogen-bond donors (Lipinski definition) is 3. The summed E-state index contributed by atoms with van der Waals surface area (Å²) in [5.74, 6) is -0.894. The van der Waals surface area contributed by atoms with Gasteiger partial charge in [-0.05, 0) is 31.6 Å². The van der Waals surface area contributed by atoms with Crippen molar-refractivity contribution in [2.45, 2.75) is 38.0 Å². The van der Waals surface area contributed by atoms with Crippen molar-refractivity contribution in [1.29, 1.82) is 0 Å². The number of aliphatic imine (C=N–C) groups is 1. The van der Waals surface area contributed by atoms with Crippen LogP contribution in [-0.4, -0.2) is 198 Å². The number of benzene rings is 1. The zero-order valence-corrected chi connectivity index (χ0v) is 38.5. The van der Waals surface area contributed by atoms with Gasteiger partial charge in [0.15, 0.2) is 0 Å². The number of amides is 1. The first-order valence-electron chi connectivity index (χ1n) is 21.8. The van der Waals surface area contributed by atoms with Crippen molar-refractivity contribution in [1.82, 2.24) is 19.6 Å². The van der Waals surface area contributed by atoms with E-state index in [4.69, 9.17) is 63.0 Å². The molecule has 0 unspecified atom stereocenters. The second kappa shape index (κ2) is 34.4. The Balaban J connectivity index is 1.11. The quantitative estimate of drug-likeness (QED) is 0.0634. The highest BCUT2D eigenvalue weighted by Crippen LogP contribution is 2.30. The van der Waals surface area contributed by atoms with Crippen molar-refractivity contribution < 1.29 is 75.3 Å². The van der Waals surface area contributed by atoms with Gasteiger partial charge in [0.05, 0.1) is 169 Å². The number of nitrogens with one attached hydrogen (secondary N) is 1. The van der Waals surface area contributed by atoms with Crippen LogP contribution in [0.15, 0.2) is 46.1 Å². The lowest BCUT2D eigenvalue weighted by atomic mass is 10.1. The normalized spacial score (nSPS) is 12.8. The lowest BCUT2D eigenvalue weighted by Gasteiger charge is -2.21. The van der Waals surface area contributed by atoms with Crippen LogP contribution in [0.3, 0.4) is 0 Å². The van der Waals surface area contributed by atoms with Crippen LogP contribution in [0.1, 0.15) is 38.7 Å². The molecule has 23 heteroatoms. The van der Waals surface area contributed by atoms with E-state index in [1.807, 2.05) is 13.8 Å². The van der Waals surface area contributed by atoms with Gasteiger partial charge in [-0.1, -0.05) is 13.0 Å². The number of nitrogens with two attached hydrogens (primary N) is 1. The summed E-state index contributed by atoms with van der Waals surface area (Å²) >= 11 is 0. The minimum absolute atomic E-state index is 0.0174. The van der Waals surface area contributed by atoms with Crippen molar-refractivity contribution in [2.75, 3.05) is 152 Å². The lowest BCUT2D eigenvalue weighted by Crippen LogP contribution is -2.34. The van der Waals surface area contributed by atoms with Gasteiger partial charge in [-0.3, -0.25) is 14.4 Å². The summed E-state index contributed by atoms with van der Waals surface area (Å²) in [6.07, 6.45) is 5.28. The van der Waals surface area contributed by atoms with Gasteiger partial charge in [-0.25, -0.2) is 27.9 Å². The number of carboxylic acids is 1. The van der Waals surface area contributed by atoms with Gasteiger partial charge >= 0.3 is 5.97 Å². The first kappa shape index (κ1) is 55.4. The maximum atomic E-state index is 13.2. The molecule has 0 fully saturated rings. The molecule has 0 aliphatic carbocycles. The molecular weight excluding hydrogens is 877 g/mol. The largest absolute Gasteiger partial charge is 0.481 e. The first-order valence-corrected chi connectivity index (χ1v) is 23.3. The highest BCUT2D eigenvalue weighted by Gasteiger charge is 2.23. The van der Waals surface area contributed by atoms with Crippen LogP contribution < -0.4 is 10.5 Å². The smallest absolute Gasteiger partial charge is 0.305 e. The molecule has 368 valence electrons. The summed E-state index contributed by atoms with van der Waals surface area (Å²) in [5, 5.41) is 14.1. The number of aliphatic carboxylic acids is 1. The highest BCUT2D eigenvalue weighted by molar-refractivity contribution is 7.89. The predicted octanol–water partition coefficient (Wildman–Crippen LogP) is 1.76. The van der Waals surface area contributed by atoms with E-state index in [1.54, 1.807) is 24.3 Å². The number of carbonyl (C=O) groups is 2. The van der Waals surface area contributed by atoms with Gasteiger partial charge in [0.2, 0.25) is 10.0 Å². The Kier molecular flexibility index (Phi) is 29.3. The molecule has 0 bridgehead atoms.